The van der Waals surface area contributed by atoms with Crippen LogP contribution in [0.15, 0.2) is 30.6 Å². The Morgan fingerprint density at radius 2 is 1.97 bits per heavy atom. The van der Waals surface area contributed by atoms with E-state index >= 15 is 0 Å². The van der Waals surface area contributed by atoms with E-state index in [1.807, 2.05) is 0 Å². The van der Waals surface area contributed by atoms with Crippen molar-refractivity contribution in [2.24, 2.45) is 0 Å². The van der Waals surface area contributed by atoms with E-state index in [4.69, 9.17) is 7.10 Å². The summed E-state index contributed by atoms with van der Waals surface area (Å²) in [6, 6.07) is 3.60. The molecule has 1 aromatic carbocycles. The van der Waals surface area contributed by atoms with Crippen LogP contribution in [0.2, 0.25) is 0 Å². The fourth-order valence-corrected chi connectivity index (χ4v) is 2.99. The van der Waals surface area contributed by atoms with Crippen molar-refractivity contribution >= 4 is 17.4 Å². The van der Waals surface area contributed by atoms with Crippen LogP contribution in [0.1, 0.15) is 43.8 Å². The summed E-state index contributed by atoms with van der Waals surface area (Å²) in [5, 5.41) is 22.4. The summed E-state index contributed by atoms with van der Waals surface area (Å²) in [6.07, 6.45) is -2.27. The maximum atomic E-state index is 13.4. The number of hydrogen-bond donors (Lipinski definition) is 4. The van der Waals surface area contributed by atoms with Crippen LogP contribution in [-0.2, 0) is 5.60 Å². The van der Waals surface area contributed by atoms with Gasteiger partial charge in [0.25, 0.3) is 5.91 Å². The number of nitrogens with one attached hydrogen (secondary N) is 1. The fourth-order valence-electron chi connectivity index (χ4n) is 2.99. The second-order valence-corrected chi connectivity index (χ2v) is 8.29. The van der Waals surface area contributed by atoms with Crippen LogP contribution in [0.25, 0.3) is 16.9 Å². The number of amides is 1. The number of imidazole rings is 1. The van der Waals surface area contributed by atoms with Crippen molar-refractivity contribution < 1.29 is 29.5 Å². The molecular formula is C21H24F3N5O3. The minimum Gasteiger partial charge on any atom is -0.389 e. The first-order valence-electron chi connectivity index (χ1n) is 10.2. The van der Waals surface area contributed by atoms with Gasteiger partial charge in [-0.15, -0.1) is 0 Å². The molecule has 0 aliphatic carbocycles. The zero-order valence-electron chi connectivity index (χ0n) is 18.7. The molecule has 0 radical (unpaired) electrons. The van der Waals surface area contributed by atoms with Crippen LogP contribution in [-0.4, -0.2) is 48.8 Å². The Hall–Kier alpha value is -3.18. The number of carbonyl (C=O) groups is 1. The summed E-state index contributed by atoms with van der Waals surface area (Å²) in [7, 11) is 0. The number of nitrogen functional groups attached to an aromatic ring is 1. The standard InChI is InChI=1S/C21H24F3N5O3/c1-11-5-6-12(20(4,32)21(22,23)24)7-13(11)15-8-26-17-16(25)28-14(9-29(15)17)18(30)27-10-19(2,3)31/h5-9,31-32H,10H2,1-4H3,(H2,25,28)(H,27,30)/i1D. The first-order chi connectivity index (χ1) is 15.2. The Morgan fingerprint density at radius 1 is 1.28 bits per heavy atom. The molecule has 3 aromatic rings. The highest BCUT2D eigenvalue weighted by molar-refractivity contribution is 5.93. The van der Waals surface area contributed by atoms with Gasteiger partial charge in [0.2, 0.25) is 0 Å². The van der Waals surface area contributed by atoms with Gasteiger partial charge in [-0.05, 0) is 44.9 Å². The van der Waals surface area contributed by atoms with Crippen molar-refractivity contribution in [3.05, 3.63) is 47.4 Å². The number of rotatable bonds is 5. The molecule has 0 bridgehead atoms. The van der Waals surface area contributed by atoms with E-state index in [0.717, 1.165) is 12.1 Å². The van der Waals surface area contributed by atoms with Gasteiger partial charge in [-0.3, -0.25) is 9.20 Å². The predicted molar refractivity (Wildman–Crippen MR) is 112 cm³/mol. The number of halogens is 3. The molecule has 0 aliphatic rings. The van der Waals surface area contributed by atoms with Gasteiger partial charge in [-0.1, -0.05) is 12.1 Å². The normalized spacial score (nSPS) is 14.8. The van der Waals surface area contributed by atoms with Crippen LogP contribution < -0.4 is 11.1 Å². The van der Waals surface area contributed by atoms with Gasteiger partial charge in [0.1, 0.15) is 5.69 Å². The Morgan fingerprint density at radius 3 is 2.56 bits per heavy atom. The lowest BCUT2D eigenvalue weighted by atomic mass is 9.91. The van der Waals surface area contributed by atoms with E-state index in [1.165, 1.54) is 36.7 Å². The Labute approximate surface area is 183 Å². The monoisotopic (exact) mass is 452 g/mol. The highest BCUT2D eigenvalue weighted by atomic mass is 19.4. The van der Waals surface area contributed by atoms with Crippen molar-refractivity contribution in [3.8, 4) is 11.3 Å². The molecule has 3 rings (SSSR count). The van der Waals surface area contributed by atoms with E-state index in [1.54, 1.807) is 0 Å². The third kappa shape index (κ3) is 4.39. The molecule has 0 saturated heterocycles. The predicted octanol–water partition coefficient (Wildman–Crippen LogP) is 2.56. The van der Waals surface area contributed by atoms with Crippen molar-refractivity contribution in [3.63, 3.8) is 0 Å². The van der Waals surface area contributed by atoms with Crippen molar-refractivity contribution in [1.29, 1.82) is 0 Å². The molecule has 2 aromatic heterocycles. The molecule has 32 heavy (non-hydrogen) atoms. The first kappa shape index (κ1) is 22.0. The molecule has 1 unspecified atom stereocenters. The molecule has 172 valence electrons. The molecular weight excluding hydrogens is 427 g/mol. The van der Waals surface area contributed by atoms with Crippen LogP contribution in [0.4, 0.5) is 19.0 Å². The largest absolute Gasteiger partial charge is 0.421 e. The van der Waals surface area contributed by atoms with E-state index in [0.29, 0.717) is 12.5 Å². The lowest BCUT2D eigenvalue weighted by Gasteiger charge is -2.27. The number of anilines is 1. The zero-order chi connectivity index (χ0) is 24.8. The smallest absolute Gasteiger partial charge is 0.389 e. The van der Waals surface area contributed by atoms with Crippen LogP contribution in [0.3, 0.4) is 0 Å². The quantitative estimate of drug-likeness (QED) is 0.472. The number of aryl methyl sites for hydroxylation is 1. The summed E-state index contributed by atoms with van der Waals surface area (Å²) in [6.45, 7) is 3.36. The average molecular weight is 452 g/mol. The van der Waals surface area contributed by atoms with Gasteiger partial charge in [0.15, 0.2) is 17.1 Å². The molecule has 1 atom stereocenters. The number of nitrogens with two attached hydrogens (primary N) is 1. The van der Waals surface area contributed by atoms with Gasteiger partial charge in [0.05, 0.1) is 17.5 Å². The highest BCUT2D eigenvalue weighted by Gasteiger charge is 2.51. The molecule has 8 nitrogen and oxygen atoms in total. The van der Waals surface area contributed by atoms with Gasteiger partial charge in [-0.2, -0.15) is 13.2 Å². The lowest BCUT2D eigenvalue weighted by Crippen LogP contribution is -2.39. The SMILES string of the molecule is [2H]Cc1ccc(C(C)(O)C(F)(F)F)cc1-c1cnc2c(N)nc(C(=O)NCC(C)(C)O)cn12. The van der Waals surface area contributed by atoms with E-state index in [9.17, 15) is 28.2 Å². The molecule has 5 N–H and O–H groups in total. The molecule has 0 spiro atoms. The Balaban J connectivity index is 2.15. The van der Waals surface area contributed by atoms with Crippen molar-refractivity contribution in [2.45, 2.75) is 45.0 Å². The number of alkyl halides is 3. The number of aromatic nitrogens is 3. The maximum absolute atomic E-state index is 13.4. The zero-order valence-corrected chi connectivity index (χ0v) is 17.7. The Kier molecular flexibility index (Phi) is 5.33. The van der Waals surface area contributed by atoms with E-state index in [2.05, 4.69) is 15.3 Å². The average Bonchev–Trinajstić information content (AvgIpc) is 3.14. The summed E-state index contributed by atoms with van der Waals surface area (Å²) in [5.74, 6) is -0.720. The molecule has 0 aliphatic heterocycles. The number of hydrogen-bond acceptors (Lipinski definition) is 6. The topological polar surface area (TPSA) is 126 Å². The minimum atomic E-state index is -4.92. The van der Waals surface area contributed by atoms with E-state index < -0.39 is 28.8 Å². The summed E-state index contributed by atoms with van der Waals surface area (Å²) < 4.78 is 49.3. The molecule has 0 saturated carbocycles. The first-order valence-corrected chi connectivity index (χ1v) is 9.52. The third-order valence-corrected chi connectivity index (χ3v) is 4.93. The van der Waals surface area contributed by atoms with Gasteiger partial charge in [0, 0.05) is 19.7 Å². The van der Waals surface area contributed by atoms with Crippen molar-refractivity contribution in [1.82, 2.24) is 19.7 Å². The summed E-state index contributed by atoms with van der Waals surface area (Å²) >= 11 is 0. The molecule has 2 heterocycles. The van der Waals surface area contributed by atoms with Crippen molar-refractivity contribution in [2.75, 3.05) is 12.3 Å². The lowest BCUT2D eigenvalue weighted by molar-refractivity contribution is -0.258. The van der Waals surface area contributed by atoms with E-state index in [-0.39, 0.29) is 41.9 Å². The summed E-state index contributed by atoms with van der Waals surface area (Å²) in [4.78, 5) is 20.7. The number of carbonyl (C=O) groups excluding carboxylic acids is 1. The van der Waals surface area contributed by atoms with Crippen LogP contribution in [0.5, 0.6) is 0 Å². The molecule has 0 fully saturated rings. The maximum Gasteiger partial charge on any atom is 0.421 e. The number of nitrogens with zero attached hydrogens (tertiary/aromatic N) is 3. The highest BCUT2D eigenvalue weighted by Crippen LogP contribution is 2.40. The van der Waals surface area contributed by atoms with Gasteiger partial charge < -0.3 is 21.3 Å². The Bertz CT molecular complexity index is 1200. The second-order valence-electron chi connectivity index (χ2n) is 8.29. The number of fused-ring (bicyclic) bond motifs is 1. The molecule has 11 heteroatoms. The number of aliphatic hydroxyl groups is 2. The third-order valence-electron chi connectivity index (χ3n) is 4.93. The number of benzene rings is 1. The van der Waals surface area contributed by atoms with Crippen LogP contribution >= 0.6 is 0 Å². The van der Waals surface area contributed by atoms with Crippen LogP contribution in [0, 0.1) is 6.90 Å². The fraction of sp³-hybridized carbons (Fsp3) is 0.381. The molecule has 1 amide bonds. The van der Waals surface area contributed by atoms with Gasteiger partial charge in [-0.25, -0.2) is 9.97 Å². The minimum absolute atomic E-state index is 0.0558. The second kappa shape index (κ2) is 7.75. The van der Waals surface area contributed by atoms with Gasteiger partial charge >= 0.3 is 6.18 Å². The summed E-state index contributed by atoms with van der Waals surface area (Å²) in [5.41, 5.74) is 2.16.